The van der Waals surface area contributed by atoms with Crippen LogP contribution < -0.4 is 4.74 Å². The van der Waals surface area contributed by atoms with Crippen molar-refractivity contribution in [3.63, 3.8) is 0 Å². The minimum atomic E-state index is -3.42. The molecule has 1 heterocycles. The molecule has 0 spiro atoms. The monoisotopic (exact) mass is 399 g/mol. The highest BCUT2D eigenvalue weighted by Crippen LogP contribution is 2.28. The second-order valence-corrected chi connectivity index (χ2v) is 9.97. The fourth-order valence-corrected chi connectivity index (χ4v) is 5.81. The van der Waals surface area contributed by atoms with E-state index in [-0.39, 0.29) is 6.10 Å². The van der Waals surface area contributed by atoms with Gasteiger partial charge in [0.05, 0.1) is 11.0 Å². The highest BCUT2D eigenvalue weighted by Gasteiger charge is 2.29. The maximum Gasteiger partial charge on any atom is 0.243 e. The highest BCUT2D eigenvalue weighted by molar-refractivity contribution is 7.89. The SMILES string of the molecule is O=S(=O)(c1ccc(OC2CCCC2)cc1)N1CCC(Cc2ccccc2)CC1. The van der Waals surface area contributed by atoms with E-state index in [0.717, 1.165) is 37.9 Å². The Morgan fingerprint density at radius 3 is 2.14 bits per heavy atom. The van der Waals surface area contributed by atoms with Crippen molar-refractivity contribution in [2.75, 3.05) is 13.1 Å². The Balaban J connectivity index is 1.34. The number of nitrogens with zero attached hydrogens (tertiary/aromatic N) is 1. The van der Waals surface area contributed by atoms with Gasteiger partial charge in [0, 0.05) is 13.1 Å². The molecule has 150 valence electrons. The first-order valence-electron chi connectivity index (χ1n) is 10.4. The lowest BCUT2D eigenvalue weighted by molar-refractivity contribution is 0.210. The predicted octanol–water partition coefficient (Wildman–Crippen LogP) is 4.65. The van der Waals surface area contributed by atoms with Crippen LogP contribution in [0.2, 0.25) is 0 Å². The summed E-state index contributed by atoms with van der Waals surface area (Å²) < 4.78 is 33.6. The lowest BCUT2D eigenvalue weighted by Gasteiger charge is -2.31. The van der Waals surface area contributed by atoms with E-state index in [0.29, 0.717) is 23.9 Å². The smallest absolute Gasteiger partial charge is 0.243 e. The average molecular weight is 400 g/mol. The zero-order valence-corrected chi connectivity index (χ0v) is 17.1. The van der Waals surface area contributed by atoms with Crippen LogP contribution in [0.5, 0.6) is 5.75 Å². The van der Waals surface area contributed by atoms with Crippen molar-refractivity contribution in [2.24, 2.45) is 5.92 Å². The number of rotatable bonds is 6. The van der Waals surface area contributed by atoms with Gasteiger partial charge in [0.15, 0.2) is 0 Å². The van der Waals surface area contributed by atoms with Crippen LogP contribution in [0.15, 0.2) is 59.5 Å². The topological polar surface area (TPSA) is 46.6 Å². The maximum atomic E-state index is 13.0. The van der Waals surface area contributed by atoms with Gasteiger partial charge >= 0.3 is 0 Å². The Kier molecular flexibility index (Phi) is 6.02. The number of hydrogen-bond acceptors (Lipinski definition) is 3. The maximum absolute atomic E-state index is 13.0. The van der Waals surface area contributed by atoms with Crippen molar-refractivity contribution in [2.45, 2.75) is 55.9 Å². The molecule has 28 heavy (non-hydrogen) atoms. The normalized spacial score (nSPS) is 19.7. The Morgan fingerprint density at radius 2 is 1.50 bits per heavy atom. The van der Waals surface area contributed by atoms with Gasteiger partial charge in [-0.3, -0.25) is 0 Å². The molecule has 0 unspecified atom stereocenters. The lowest BCUT2D eigenvalue weighted by atomic mass is 9.91. The van der Waals surface area contributed by atoms with Crippen molar-refractivity contribution in [3.8, 4) is 5.75 Å². The van der Waals surface area contributed by atoms with Crippen molar-refractivity contribution >= 4 is 10.0 Å². The van der Waals surface area contributed by atoms with Gasteiger partial charge in [0.1, 0.15) is 5.75 Å². The van der Waals surface area contributed by atoms with E-state index in [4.69, 9.17) is 4.74 Å². The van der Waals surface area contributed by atoms with Gasteiger partial charge in [-0.2, -0.15) is 4.31 Å². The number of sulfonamides is 1. The molecule has 1 saturated carbocycles. The Bertz CT molecular complexity index is 850. The second kappa shape index (κ2) is 8.66. The average Bonchev–Trinajstić information content (AvgIpc) is 3.23. The van der Waals surface area contributed by atoms with Gasteiger partial charge < -0.3 is 4.74 Å². The predicted molar refractivity (Wildman–Crippen MR) is 111 cm³/mol. The number of piperidine rings is 1. The summed E-state index contributed by atoms with van der Waals surface area (Å²) in [5.41, 5.74) is 1.33. The summed E-state index contributed by atoms with van der Waals surface area (Å²) in [7, 11) is -3.42. The number of hydrogen-bond donors (Lipinski definition) is 0. The standard InChI is InChI=1S/C23H29NO3S/c25-28(26,23-12-10-22(11-13-23)27-21-8-4-5-9-21)24-16-14-20(15-17-24)18-19-6-2-1-3-7-19/h1-3,6-7,10-13,20-21H,4-5,8-9,14-18H2. The molecule has 1 aliphatic heterocycles. The van der Waals surface area contributed by atoms with Crippen molar-refractivity contribution in [1.82, 2.24) is 4.31 Å². The van der Waals surface area contributed by atoms with Crippen LogP contribution in [0.3, 0.4) is 0 Å². The molecule has 2 aromatic rings. The van der Waals surface area contributed by atoms with Crippen LogP contribution in [0, 0.1) is 5.92 Å². The van der Waals surface area contributed by atoms with E-state index < -0.39 is 10.0 Å². The van der Waals surface area contributed by atoms with Crippen molar-refractivity contribution < 1.29 is 13.2 Å². The fourth-order valence-electron chi connectivity index (χ4n) is 4.34. The molecule has 0 bridgehead atoms. The number of benzene rings is 2. The first-order chi connectivity index (χ1) is 13.6. The molecule has 0 atom stereocenters. The number of ether oxygens (including phenoxy) is 1. The third-order valence-corrected chi connectivity index (χ3v) is 7.92. The summed E-state index contributed by atoms with van der Waals surface area (Å²) in [6, 6.07) is 17.4. The van der Waals surface area contributed by atoms with E-state index in [2.05, 4.69) is 24.3 Å². The lowest BCUT2D eigenvalue weighted by Crippen LogP contribution is -2.38. The first kappa shape index (κ1) is 19.5. The third-order valence-electron chi connectivity index (χ3n) is 6.01. The van der Waals surface area contributed by atoms with Crippen LogP contribution in [-0.2, 0) is 16.4 Å². The molecule has 1 saturated heterocycles. The van der Waals surface area contributed by atoms with Crippen LogP contribution >= 0.6 is 0 Å². The Morgan fingerprint density at radius 1 is 0.857 bits per heavy atom. The zero-order chi connectivity index (χ0) is 19.4. The minimum absolute atomic E-state index is 0.283. The summed E-state index contributed by atoms with van der Waals surface area (Å²) in [5, 5.41) is 0. The molecule has 5 heteroatoms. The van der Waals surface area contributed by atoms with Gasteiger partial charge in [-0.05, 0) is 80.7 Å². The quantitative estimate of drug-likeness (QED) is 0.710. The Hall–Kier alpha value is -1.85. The molecule has 2 fully saturated rings. The van der Waals surface area contributed by atoms with Gasteiger partial charge in [-0.1, -0.05) is 30.3 Å². The van der Waals surface area contributed by atoms with Crippen LogP contribution in [-0.4, -0.2) is 31.9 Å². The van der Waals surface area contributed by atoms with E-state index in [1.807, 2.05) is 6.07 Å². The molecule has 2 aromatic carbocycles. The van der Waals surface area contributed by atoms with Crippen LogP contribution in [0.4, 0.5) is 0 Å². The fraction of sp³-hybridized carbons (Fsp3) is 0.478. The second-order valence-electron chi connectivity index (χ2n) is 8.03. The van der Waals surface area contributed by atoms with E-state index in [1.165, 1.54) is 18.4 Å². The largest absolute Gasteiger partial charge is 0.490 e. The van der Waals surface area contributed by atoms with Crippen molar-refractivity contribution in [3.05, 3.63) is 60.2 Å². The first-order valence-corrected chi connectivity index (χ1v) is 11.9. The van der Waals surface area contributed by atoms with Gasteiger partial charge in [-0.25, -0.2) is 8.42 Å². The summed E-state index contributed by atoms with van der Waals surface area (Å²) >= 11 is 0. The molecule has 0 radical (unpaired) electrons. The van der Waals surface area contributed by atoms with Crippen molar-refractivity contribution in [1.29, 1.82) is 0 Å². The summed E-state index contributed by atoms with van der Waals surface area (Å²) in [6.07, 6.45) is 7.77. The van der Waals surface area contributed by atoms with Crippen LogP contribution in [0.25, 0.3) is 0 Å². The molecule has 2 aliphatic rings. The Labute approximate surface area is 168 Å². The molecule has 0 amide bonds. The highest BCUT2D eigenvalue weighted by atomic mass is 32.2. The summed E-state index contributed by atoms with van der Waals surface area (Å²) in [5.74, 6) is 1.32. The zero-order valence-electron chi connectivity index (χ0n) is 16.3. The molecule has 0 N–H and O–H groups in total. The molecular weight excluding hydrogens is 370 g/mol. The summed E-state index contributed by atoms with van der Waals surface area (Å²) in [4.78, 5) is 0.368. The van der Waals surface area contributed by atoms with Crippen LogP contribution in [0.1, 0.15) is 44.1 Å². The molecule has 4 rings (SSSR count). The molecule has 1 aliphatic carbocycles. The molecule has 4 nitrogen and oxygen atoms in total. The molecule has 0 aromatic heterocycles. The van der Waals surface area contributed by atoms with E-state index in [1.54, 1.807) is 28.6 Å². The molecular formula is C23H29NO3S. The minimum Gasteiger partial charge on any atom is -0.490 e. The van der Waals surface area contributed by atoms with Gasteiger partial charge in [0.25, 0.3) is 0 Å². The van der Waals surface area contributed by atoms with E-state index in [9.17, 15) is 8.42 Å². The summed E-state index contributed by atoms with van der Waals surface area (Å²) in [6.45, 7) is 1.19. The van der Waals surface area contributed by atoms with E-state index >= 15 is 0 Å². The third kappa shape index (κ3) is 4.58. The van der Waals surface area contributed by atoms with Gasteiger partial charge in [-0.15, -0.1) is 0 Å². The van der Waals surface area contributed by atoms with Gasteiger partial charge in [0.2, 0.25) is 10.0 Å².